The first kappa shape index (κ1) is 13.0. The maximum atomic E-state index is 12.7. The fourth-order valence-electron chi connectivity index (χ4n) is 2.12. The van der Waals surface area contributed by atoms with Crippen LogP contribution in [0.4, 0.5) is 0 Å². The maximum Gasteiger partial charge on any atom is 0.212 e. The van der Waals surface area contributed by atoms with E-state index < -0.39 is 0 Å². The summed E-state index contributed by atoms with van der Waals surface area (Å²) >= 11 is 3.40. The largest absolute Gasteiger partial charge is 0.287 e. The number of aromatic nitrogens is 2. The zero-order chi connectivity index (χ0) is 13.3. The van der Waals surface area contributed by atoms with Gasteiger partial charge in [-0.15, -0.1) is 0 Å². The van der Waals surface area contributed by atoms with Crippen molar-refractivity contribution < 1.29 is 4.79 Å². The van der Waals surface area contributed by atoms with Crippen LogP contribution in [0.15, 0.2) is 28.9 Å². The molecule has 2 aromatic rings. The van der Waals surface area contributed by atoms with Gasteiger partial charge in [-0.2, -0.15) is 5.10 Å². The summed E-state index contributed by atoms with van der Waals surface area (Å²) in [5, 5.41) is 4.19. The lowest BCUT2D eigenvalue weighted by Gasteiger charge is -2.10. The van der Waals surface area contributed by atoms with Gasteiger partial charge in [-0.1, -0.05) is 18.2 Å². The average molecular weight is 307 g/mol. The lowest BCUT2D eigenvalue weighted by Crippen LogP contribution is -2.13. The Kier molecular flexibility index (Phi) is 3.66. The molecular formula is C14H15BrN2O. The van der Waals surface area contributed by atoms with Crippen LogP contribution in [0.5, 0.6) is 0 Å². The van der Waals surface area contributed by atoms with Gasteiger partial charge in [0.15, 0.2) is 0 Å². The standard InChI is InChI=1S/C14H15BrN2O/c1-4-17-13(11(15)8-16-17)14(18)12-9(2)6-5-7-10(12)3/h5-8H,4H2,1-3H3. The molecule has 1 heterocycles. The van der Waals surface area contributed by atoms with Gasteiger partial charge in [0, 0.05) is 12.1 Å². The Morgan fingerprint density at radius 1 is 1.33 bits per heavy atom. The number of benzene rings is 1. The Bertz CT molecular complexity index is 582. The van der Waals surface area contributed by atoms with Crippen LogP contribution in [0, 0.1) is 13.8 Å². The first-order chi connectivity index (χ1) is 8.56. The number of rotatable bonds is 3. The average Bonchev–Trinajstić information content (AvgIpc) is 2.70. The molecular weight excluding hydrogens is 292 g/mol. The summed E-state index contributed by atoms with van der Waals surface area (Å²) in [7, 11) is 0. The third-order valence-electron chi connectivity index (χ3n) is 3.02. The normalized spacial score (nSPS) is 10.7. The Balaban J connectivity index is 2.58. The first-order valence-electron chi connectivity index (χ1n) is 5.88. The summed E-state index contributed by atoms with van der Waals surface area (Å²) in [5.41, 5.74) is 3.38. The number of nitrogens with zero attached hydrogens (tertiary/aromatic N) is 2. The zero-order valence-electron chi connectivity index (χ0n) is 10.7. The van der Waals surface area contributed by atoms with Crippen LogP contribution in [0.3, 0.4) is 0 Å². The van der Waals surface area contributed by atoms with Crippen molar-refractivity contribution in [2.75, 3.05) is 0 Å². The van der Waals surface area contributed by atoms with Crippen molar-refractivity contribution in [3.8, 4) is 0 Å². The molecule has 94 valence electrons. The van der Waals surface area contributed by atoms with Crippen LogP contribution in [0.2, 0.25) is 0 Å². The highest BCUT2D eigenvalue weighted by atomic mass is 79.9. The van der Waals surface area contributed by atoms with Crippen LogP contribution in [-0.4, -0.2) is 15.6 Å². The summed E-state index contributed by atoms with van der Waals surface area (Å²) in [6, 6.07) is 5.88. The Hall–Kier alpha value is -1.42. The zero-order valence-corrected chi connectivity index (χ0v) is 12.3. The molecule has 0 aliphatic heterocycles. The fourth-order valence-corrected chi connectivity index (χ4v) is 2.60. The van der Waals surface area contributed by atoms with Crippen molar-refractivity contribution in [3.63, 3.8) is 0 Å². The molecule has 0 aliphatic carbocycles. The van der Waals surface area contributed by atoms with E-state index in [9.17, 15) is 4.79 Å². The van der Waals surface area contributed by atoms with Crippen LogP contribution in [0.25, 0.3) is 0 Å². The van der Waals surface area contributed by atoms with E-state index in [0.717, 1.165) is 21.2 Å². The predicted octanol–water partition coefficient (Wildman–Crippen LogP) is 3.51. The minimum Gasteiger partial charge on any atom is -0.287 e. The third-order valence-corrected chi connectivity index (χ3v) is 3.60. The van der Waals surface area contributed by atoms with E-state index in [-0.39, 0.29) is 5.78 Å². The van der Waals surface area contributed by atoms with Crippen LogP contribution in [0.1, 0.15) is 34.1 Å². The highest BCUT2D eigenvalue weighted by molar-refractivity contribution is 9.10. The molecule has 0 radical (unpaired) electrons. The molecule has 0 spiro atoms. The van der Waals surface area contributed by atoms with Crippen molar-refractivity contribution in [2.45, 2.75) is 27.3 Å². The number of halogens is 1. The van der Waals surface area contributed by atoms with E-state index in [0.29, 0.717) is 12.2 Å². The minimum absolute atomic E-state index is 0.0248. The van der Waals surface area contributed by atoms with E-state index in [1.54, 1.807) is 10.9 Å². The number of carbonyl (C=O) groups is 1. The molecule has 0 saturated carbocycles. The third kappa shape index (κ3) is 2.12. The van der Waals surface area contributed by atoms with E-state index in [2.05, 4.69) is 21.0 Å². The first-order valence-corrected chi connectivity index (χ1v) is 6.67. The number of carbonyl (C=O) groups excluding carboxylic acids is 1. The van der Waals surface area contributed by atoms with E-state index in [1.165, 1.54) is 0 Å². The Labute approximate surface area is 115 Å². The van der Waals surface area contributed by atoms with Gasteiger partial charge in [-0.05, 0) is 47.8 Å². The topological polar surface area (TPSA) is 34.9 Å². The molecule has 0 saturated heterocycles. The summed E-state index contributed by atoms with van der Waals surface area (Å²) < 4.78 is 2.47. The van der Waals surface area contributed by atoms with Gasteiger partial charge < -0.3 is 0 Å². The van der Waals surface area contributed by atoms with Crippen molar-refractivity contribution in [1.82, 2.24) is 9.78 Å². The molecule has 1 aromatic carbocycles. The van der Waals surface area contributed by atoms with Gasteiger partial charge in [-0.3, -0.25) is 9.48 Å². The molecule has 1 aromatic heterocycles. The number of ketones is 1. The van der Waals surface area contributed by atoms with Gasteiger partial charge in [0.05, 0.1) is 10.7 Å². The number of hydrogen-bond acceptors (Lipinski definition) is 2. The Morgan fingerprint density at radius 2 is 1.94 bits per heavy atom. The highest BCUT2D eigenvalue weighted by Gasteiger charge is 2.21. The molecule has 3 nitrogen and oxygen atoms in total. The second kappa shape index (κ2) is 5.06. The van der Waals surface area contributed by atoms with Crippen LogP contribution >= 0.6 is 15.9 Å². The van der Waals surface area contributed by atoms with Crippen molar-refractivity contribution in [1.29, 1.82) is 0 Å². The highest BCUT2D eigenvalue weighted by Crippen LogP contribution is 2.23. The summed E-state index contributed by atoms with van der Waals surface area (Å²) in [5.74, 6) is 0.0248. The lowest BCUT2D eigenvalue weighted by molar-refractivity contribution is 0.102. The molecule has 0 N–H and O–H groups in total. The van der Waals surface area contributed by atoms with Gasteiger partial charge in [-0.25, -0.2) is 0 Å². The van der Waals surface area contributed by atoms with Gasteiger partial charge >= 0.3 is 0 Å². The quantitative estimate of drug-likeness (QED) is 0.813. The van der Waals surface area contributed by atoms with Gasteiger partial charge in [0.25, 0.3) is 0 Å². The predicted molar refractivity (Wildman–Crippen MR) is 74.9 cm³/mol. The van der Waals surface area contributed by atoms with E-state index in [1.807, 2.05) is 39.0 Å². The number of aryl methyl sites for hydroxylation is 3. The second-order valence-electron chi connectivity index (χ2n) is 4.25. The van der Waals surface area contributed by atoms with E-state index >= 15 is 0 Å². The molecule has 0 unspecified atom stereocenters. The van der Waals surface area contributed by atoms with Crippen molar-refractivity contribution >= 4 is 21.7 Å². The van der Waals surface area contributed by atoms with Crippen molar-refractivity contribution in [3.05, 3.63) is 51.3 Å². The van der Waals surface area contributed by atoms with Crippen LogP contribution < -0.4 is 0 Å². The Morgan fingerprint density at radius 3 is 2.50 bits per heavy atom. The fraction of sp³-hybridized carbons (Fsp3) is 0.286. The molecule has 18 heavy (non-hydrogen) atoms. The number of hydrogen-bond donors (Lipinski definition) is 0. The van der Waals surface area contributed by atoms with Gasteiger partial charge in [0.2, 0.25) is 5.78 Å². The minimum atomic E-state index is 0.0248. The SMILES string of the molecule is CCn1ncc(Br)c1C(=O)c1c(C)cccc1C. The van der Waals surface area contributed by atoms with Gasteiger partial charge in [0.1, 0.15) is 5.69 Å². The molecule has 0 bridgehead atoms. The molecule has 4 heteroatoms. The summed E-state index contributed by atoms with van der Waals surface area (Å²) in [6.45, 7) is 6.57. The summed E-state index contributed by atoms with van der Waals surface area (Å²) in [6.07, 6.45) is 1.67. The maximum absolute atomic E-state index is 12.7. The second-order valence-corrected chi connectivity index (χ2v) is 5.11. The molecule has 0 aliphatic rings. The van der Waals surface area contributed by atoms with Crippen molar-refractivity contribution in [2.24, 2.45) is 0 Å². The molecule has 0 atom stereocenters. The lowest BCUT2D eigenvalue weighted by atomic mass is 9.97. The molecule has 2 rings (SSSR count). The molecule has 0 fully saturated rings. The summed E-state index contributed by atoms with van der Waals surface area (Å²) in [4.78, 5) is 12.7. The van der Waals surface area contributed by atoms with E-state index in [4.69, 9.17) is 0 Å². The molecule has 0 amide bonds. The van der Waals surface area contributed by atoms with Crippen LogP contribution in [-0.2, 0) is 6.54 Å². The smallest absolute Gasteiger partial charge is 0.212 e. The monoisotopic (exact) mass is 306 g/mol.